The number of rotatable bonds is 6. The van der Waals surface area contributed by atoms with Crippen LogP contribution in [0.1, 0.15) is 28.3 Å². The molecule has 2 aromatic carbocycles. The van der Waals surface area contributed by atoms with E-state index < -0.39 is 5.92 Å². The highest BCUT2D eigenvalue weighted by Gasteiger charge is 2.35. The molecule has 4 rings (SSSR count). The van der Waals surface area contributed by atoms with Crippen molar-refractivity contribution in [1.29, 1.82) is 5.26 Å². The molecular formula is C22H20N4O3. The van der Waals surface area contributed by atoms with Crippen molar-refractivity contribution < 1.29 is 14.2 Å². The van der Waals surface area contributed by atoms with Gasteiger partial charge in [0.05, 0.1) is 23.8 Å². The maximum Gasteiger partial charge on any atom is 0.244 e. The summed E-state index contributed by atoms with van der Waals surface area (Å²) in [6, 6.07) is 19.8. The lowest BCUT2D eigenvalue weighted by Gasteiger charge is -2.24. The molecule has 1 aliphatic rings. The Morgan fingerprint density at radius 1 is 1.14 bits per heavy atom. The first kappa shape index (κ1) is 18.6. The van der Waals surface area contributed by atoms with Gasteiger partial charge in [-0.2, -0.15) is 5.26 Å². The Labute approximate surface area is 168 Å². The molecular weight excluding hydrogens is 368 g/mol. The van der Waals surface area contributed by atoms with Crippen LogP contribution in [-0.2, 0) is 18.0 Å². The number of aromatic nitrogens is 2. The van der Waals surface area contributed by atoms with Gasteiger partial charge in [-0.3, -0.25) is 5.10 Å². The van der Waals surface area contributed by atoms with E-state index in [4.69, 9.17) is 19.9 Å². The quantitative estimate of drug-likeness (QED) is 0.671. The molecule has 7 heteroatoms. The zero-order valence-corrected chi connectivity index (χ0v) is 15.9. The average molecular weight is 388 g/mol. The summed E-state index contributed by atoms with van der Waals surface area (Å²) in [4.78, 5) is 0. The predicted octanol–water partition coefficient (Wildman–Crippen LogP) is 3.35. The summed E-state index contributed by atoms with van der Waals surface area (Å²) in [5.74, 6) is 0.772. The minimum Gasteiger partial charge on any atom is -0.489 e. The van der Waals surface area contributed by atoms with Gasteiger partial charge in [0.2, 0.25) is 11.8 Å². The molecule has 0 aliphatic carbocycles. The van der Waals surface area contributed by atoms with Crippen LogP contribution in [-0.4, -0.2) is 17.3 Å². The minimum absolute atomic E-state index is 0.0601. The summed E-state index contributed by atoms with van der Waals surface area (Å²) in [6.45, 7) is 0.802. The van der Waals surface area contributed by atoms with Crippen LogP contribution in [0.5, 0.6) is 11.6 Å². The molecule has 3 N–H and O–H groups in total. The summed E-state index contributed by atoms with van der Waals surface area (Å²) in [5.41, 5.74) is 9.81. The number of nitrogens with zero attached hydrogens (tertiary/aromatic N) is 2. The van der Waals surface area contributed by atoms with E-state index in [1.807, 2.05) is 54.6 Å². The van der Waals surface area contributed by atoms with Crippen molar-refractivity contribution in [2.24, 2.45) is 5.73 Å². The number of H-pyrrole nitrogens is 1. The Bertz CT molecular complexity index is 1070. The predicted molar refractivity (Wildman–Crippen MR) is 106 cm³/mol. The van der Waals surface area contributed by atoms with Gasteiger partial charge in [0.25, 0.3) is 0 Å². The van der Waals surface area contributed by atoms with Gasteiger partial charge < -0.3 is 19.9 Å². The Morgan fingerprint density at radius 2 is 1.90 bits per heavy atom. The van der Waals surface area contributed by atoms with Gasteiger partial charge in [0.15, 0.2) is 0 Å². The smallest absolute Gasteiger partial charge is 0.244 e. The number of methoxy groups -OCH3 is 1. The first-order chi connectivity index (χ1) is 14.2. The molecule has 0 saturated heterocycles. The second kappa shape index (κ2) is 8.09. The molecule has 0 bridgehead atoms. The monoisotopic (exact) mass is 388 g/mol. The molecule has 146 valence electrons. The molecule has 1 aromatic heterocycles. The van der Waals surface area contributed by atoms with Crippen LogP contribution in [0.4, 0.5) is 0 Å². The fraction of sp³-hybridized carbons (Fsp3) is 0.182. The third-order valence-electron chi connectivity index (χ3n) is 4.77. The van der Waals surface area contributed by atoms with E-state index in [2.05, 4.69) is 16.3 Å². The summed E-state index contributed by atoms with van der Waals surface area (Å²) in [6.07, 6.45) is 0. The Balaban J connectivity index is 1.63. The van der Waals surface area contributed by atoms with E-state index >= 15 is 0 Å². The number of fused-ring (bicyclic) bond motifs is 1. The number of benzene rings is 2. The lowest BCUT2D eigenvalue weighted by molar-refractivity contribution is 0.180. The molecule has 1 unspecified atom stereocenters. The van der Waals surface area contributed by atoms with E-state index in [-0.39, 0.29) is 5.88 Å². The first-order valence-electron chi connectivity index (χ1n) is 9.11. The van der Waals surface area contributed by atoms with E-state index in [1.165, 1.54) is 0 Å². The van der Waals surface area contributed by atoms with Crippen molar-refractivity contribution in [3.05, 3.63) is 88.4 Å². The maximum absolute atomic E-state index is 9.69. The fourth-order valence-electron chi connectivity index (χ4n) is 3.39. The van der Waals surface area contributed by atoms with Gasteiger partial charge in [-0.15, -0.1) is 5.10 Å². The molecule has 1 aliphatic heterocycles. The number of hydrogen-bond acceptors (Lipinski definition) is 6. The molecule has 7 nitrogen and oxygen atoms in total. The number of allylic oxidation sites excluding steroid dienone is 1. The lowest BCUT2D eigenvalue weighted by Crippen LogP contribution is -2.21. The topological polar surface area (TPSA) is 106 Å². The van der Waals surface area contributed by atoms with Crippen molar-refractivity contribution in [1.82, 2.24) is 10.2 Å². The van der Waals surface area contributed by atoms with Gasteiger partial charge >= 0.3 is 0 Å². The third kappa shape index (κ3) is 3.66. The van der Waals surface area contributed by atoms with Crippen LogP contribution >= 0.6 is 0 Å². The van der Waals surface area contributed by atoms with Crippen molar-refractivity contribution in [2.45, 2.75) is 19.1 Å². The summed E-state index contributed by atoms with van der Waals surface area (Å²) in [5, 5.41) is 16.8. The number of hydrogen-bond donors (Lipinski definition) is 2. The highest BCUT2D eigenvalue weighted by molar-refractivity contribution is 5.55. The van der Waals surface area contributed by atoms with Gasteiger partial charge in [-0.25, -0.2) is 0 Å². The van der Waals surface area contributed by atoms with Crippen LogP contribution < -0.4 is 15.2 Å². The third-order valence-corrected chi connectivity index (χ3v) is 4.77. The van der Waals surface area contributed by atoms with Crippen LogP contribution in [0.25, 0.3) is 0 Å². The summed E-state index contributed by atoms with van der Waals surface area (Å²) >= 11 is 0. The molecule has 29 heavy (non-hydrogen) atoms. The second-order valence-electron chi connectivity index (χ2n) is 6.62. The zero-order valence-electron chi connectivity index (χ0n) is 15.9. The molecule has 3 aromatic rings. The molecule has 0 amide bonds. The standard InChI is InChI=1S/C22H20N4O3/c1-27-13-18-20-19(17(11-23)21(24)29-22(20)26-25-18)15-7-9-16(10-8-15)28-12-14-5-3-2-4-6-14/h2-10,19H,12-13,24H2,1H3,(H,25,26). The van der Waals surface area contributed by atoms with Crippen LogP contribution in [0, 0.1) is 11.3 Å². The molecule has 1 atom stereocenters. The second-order valence-corrected chi connectivity index (χ2v) is 6.62. The summed E-state index contributed by atoms with van der Waals surface area (Å²) in [7, 11) is 1.60. The van der Waals surface area contributed by atoms with Gasteiger partial charge in [0, 0.05) is 7.11 Å². The van der Waals surface area contributed by atoms with Gasteiger partial charge in [-0.1, -0.05) is 42.5 Å². The Kier molecular flexibility index (Phi) is 5.18. The van der Waals surface area contributed by atoms with E-state index in [0.29, 0.717) is 24.7 Å². The number of aromatic amines is 1. The van der Waals surface area contributed by atoms with Crippen molar-refractivity contribution >= 4 is 0 Å². The van der Waals surface area contributed by atoms with Crippen molar-refractivity contribution in [3.8, 4) is 17.7 Å². The van der Waals surface area contributed by atoms with Gasteiger partial charge in [0.1, 0.15) is 24.0 Å². The van der Waals surface area contributed by atoms with E-state index in [1.54, 1.807) is 7.11 Å². The average Bonchev–Trinajstić information content (AvgIpc) is 3.15. The molecule has 0 fully saturated rings. The van der Waals surface area contributed by atoms with Crippen LogP contribution in [0.3, 0.4) is 0 Å². The normalized spacial score (nSPS) is 15.4. The molecule has 0 saturated carbocycles. The highest BCUT2D eigenvalue weighted by atomic mass is 16.5. The SMILES string of the molecule is COCc1[nH]nc2c1C(c1ccc(OCc3ccccc3)cc1)C(C#N)=C(N)O2. The van der Waals surface area contributed by atoms with Crippen molar-refractivity contribution in [3.63, 3.8) is 0 Å². The minimum atomic E-state index is -0.393. The zero-order chi connectivity index (χ0) is 20.2. The number of nitrogens with two attached hydrogens (primary N) is 1. The van der Waals surface area contributed by atoms with Crippen LogP contribution in [0.15, 0.2) is 66.1 Å². The fourth-order valence-corrected chi connectivity index (χ4v) is 3.39. The molecule has 2 heterocycles. The molecule has 0 radical (unpaired) electrons. The largest absolute Gasteiger partial charge is 0.489 e. The number of nitriles is 1. The van der Waals surface area contributed by atoms with Gasteiger partial charge in [-0.05, 0) is 23.3 Å². The number of ether oxygens (including phenoxy) is 3. The number of nitrogens with one attached hydrogen (secondary N) is 1. The maximum atomic E-state index is 9.69. The Morgan fingerprint density at radius 3 is 2.59 bits per heavy atom. The molecule has 0 spiro atoms. The van der Waals surface area contributed by atoms with E-state index in [9.17, 15) is 5.26 Å². The van der Waals surface area contributed by atoms with Crippen LogP contribution in [0.2, 0.25) is 0 Å². The van der Waals surface area contributed by atoms with Crippen molar-refractivity contribution in [2.75, 3.05) is 7.11 Å². The highest BCUT2D eigenvalue weighted by Crippen LogP contribution is 2.43. The lowest BCUT2D eigenvalue weighted by atomic mass is 9.84. The Hall–Kier alpha value is -3.76. The summed E-state index contributed by atoms with van der Waals surface area (Å²) < 4.78 is 16.6. The first-order valence-corrected chi connectivity index (χ1v) is 9.11. The van der Waals surface area contributed by atoms with E-state index in [0.717, 1.165) is 28.1 Å².